The van der Waals surface area contributed by atoms with Crippen LogP contribution in [0.3, 0.4) is 0 Å². The summed E-state index contributed by atoms with van der Waals surface area (Å²) in [6.07, 6.45) is -0.587. The molecule has 162 valence electrons. The molecule has 0 bridgehead atoms. The molecule has 28 heavy (non-hydrogen) atoms. The van der Waals surface area contributed by atoms with Crippen LogP contribution >= 0.6 is 0 Å². The first kappa shape index (κ1) is 25.8. The van der Waals surface area contributed by atoms with Gasteiger partial charge >= 0.3 is 23.9 Å². The zero-order valence-corrected chi connectivity index (χ0v) is 17.3. The topological polar surface area (TPSA) is 179 Å². The summed E-state index contributed by atoms with van der Waals surface area (Å²) in [6, 6.07) is 0. The molecule has 0 saturated carbocycles. The van der Waals surface area contributed by atoms with Gasteiger partial charge < -0.3 is 31.2 Å². The third kappa shape index (κ3) is 7.43. The molecule has 2 atom stereocenters. The number of hydrogen-bond acceptors (Lipinski definition) is 8. The third-order valence-corrected chi connectivity index (χ3v) is 3.68. The molecule has 0 aliphatic rings. The van der Waals surface area contributed by atoms with Gasteiger partial charge in [0, 0.05) is 0 Å². The van der Waals surface area contributed by atoms with E-state index in [4.69, 9.17) is 20.9 Å². The van der Waals surface area contributed by atoms with Gasteiger partial charge in [0.25, 0.3) is 0 Å². The predicted octanol–water partition coefficient (Wildman–Crippen LogP) is 0.794. The molecule has 0 saturated heterocycles. The van der Waals surface area contributed by atoms with Crippen molar-refractivity contribution < 1.29 is 38.9 Å². The number of unbranched alkanes of at least 4 members (excludes halogenated alkanes) is 1. The summed E-state index contributed by atoms with van der Waals surface area (Å²) in [5.41, 5.74) is 5.02. The Kier molecular flexibility index (Phi) is 8.17. The Bertz CT molecular complexity index is 566. The first-order valence-electron chi connectivity index (χ1n) is 8.86. The molecule has 2 unspecified atom stereocenters. The van der Waals surface area contributed by atoms with Crippen LogP contribution in [-0.4, -0.2) is 56.4 Å². The van der Waals surface area contributed by atoms with Crippen molar-refractivity contribution in [3.05, 3.63) is 0 Å². The standard InChI is InChI=1S/C18H32N2O8/c1-15(2,3)27-13(25)17(19,11(21)22)9-7-8-10-18(20,12(23)24)14(26)28-16(4,5)6/h7-10,19-20H2,1-6H3,(H,21,22)(H,23,24). The van der Waals surface area contributed by atoms with Crippen LogP contribution in [0.15, 0.2) is 0 Å². The Balaban J connectivity index is 5.10. The number of esters is 2. The molecule has 0 aliphatic carbocycles. The van der Waals surface area contributed by atoms with Gasteiger partial charge in [-0.15, -0.1) is 0 Å². The molecular weight excluding hydrogens is 372 g/mol. The summed E-state index contributed by atoms with van der Waals surface area (Å²) in [6.45, 7) is 9.44. The van der Waals surface area contributed by atoms with E-state index in [0.29, 0.717) is 0 Å². The number of rotatable bonds is 9. The maximum Gasteiger partial charge on any atom is 0.338 e. The van der Waals surface area contributed by atoms with Crippen LogP contribution < -0.4 is 11.5 Å². The number of carbonyl (C=O) groups excluding carboxylic acids is 2. The summed E-state index contributed by atoms with van der Waals surface area (Å²) in [4.78, 5) is 47.3. The van der Waals surface area contributed by atoms with Crippen molar-refractivity contribution in [3.63, 3.8) is 0 Å². The lowest BCUT2D eigenvalue weighted by Crippen LogP contribution is -2.58. The summed E-state index contributed by atoms with van der Waals surface area (Å²) in [5, 5.41) is 18.7. The second-order valence-corrected chi connectivity index (χ2v) is 8.76. The molecule has 10 heteroatoms. The highest BCUT2D eigenvalue weighted by Gasteiger charge is 2.47. The average molecular weight is 404 g/mol. The summed E-state index contributed by atoms with van der Waals surface area (Å²) < 4.78 is 10.1. The van der Waals surface area contributed by atoms with E-state index >= 15 is 0 Å². The van der Waals surface area contributed by atoms with Gasteiger partial charge in [-0.25, -0.2) is 19.2 Å². The molecule has 0 aromatic rings. The fourth-order valence-electron chi connectivity index (χ4n) is 2.14. The minimum absolute atomic E-state index is 0.0249. The van der Waals surface area contributed by atoms with E-state index in [1.807, 2.05) is 0 Å². The molecule has 0 heterocycles. The van der Waals surface area contributed by atoms with E-state index in [9.17, 15) is 29.4 Å². The normalized spacial score (nSPS) is 16.4. The lowest BCUT2D eigenvalue weighted by atomic mass is 9.89. The summed E-state index contributed by atoms with van der Waals surface area (Å²) in [5.74, 6) is -5.33. The third-order valence-electron chi connectivity index (χ3n) is 3.68. The smallest absolute Gasteiger partial charge is 0.338 e. The second-order valence-electron chi connectivity index (χ2n) is 8.76. The molecule has 0 amide bonds. The Morgan fingerprint density at radius 3 is 1.11 bits per heavy atom. The number of carbonyl (C=O) groups is 4. The molecule has 0 fully saturated rings. The van der Waals surface area contributed by atoms with Crippen LogP contribution in [0.2, 0.25) is 0 Å². The first-order valence-corrected chi connectivity index (χ1v) is 8.86. The fourth-order valence-corrected chi connectivity index (χ4v) is 2.14. The molecular formula is C18H32N2O8. The van der Waals surface area contributed by atoms with Gasteiger partial charge in [0.2, 0.25) is 11.1 Å². The van der Waals surface area contributed by atoms with Gasteiger partial charge in [-0.05, 0) is 54.4 Å². The Hall–Kier alpha value is -2.20. The molecule has 6 N–H and O–H groups in total. The van der Waals surface area contributed by atoms with Gasteiger partial charge in [-0.3, -0.25) is 0 Å². The number of ether oxygens (including phenoxy) is 2. The van der Waals surface area contributed by atoms with Crippen LogP contribution in [0.4, 0.5) is 0 Å². The van der Waals surface area contributed by atoms with Gasteiger partial charge in [-0.1, -0.05) is 12.8 Å². The maximum atomic E-state index is 12.2. The van der Waals surface area contributed by atoms with Gasteiger partial charge in [0.15, 0.2) is 0 Å². The Morgan fingerprint density at radius 1 is 0.679 bits per heavy atom. The van der Waals surface area contributed by atoms with Crippen LogP contribution in [-0.2, 0) is 28.7 Å². The van der Waals surface area contributed by atoms with Crippen LogP contribution in [0.1, 0.15) is 67.2 Å². The van der Waals surface area contributed by atoms with Crippen molar-refractivity contribution in [2.45, 2.75) is 89.5 Å². The lowest BCUT2D eigenvalue weighted by molar-refractivity contribution is -0.172. The van der Waals surface area contributed by atoms with Gasteiger partial charge in [-0.2, -0.15) is 0 Å². The number of hydrogen-bond donors (Lipinski definition) is 4. The van der Waals surface area contributed by atoms with E-state index in [1.54, 1.807) is 41.5 Å². The van der Waals surface area contributed by atoms with Gasteiger partial charge in [0.1, 0.15) is 11.2 Å². The van der Waals surface area contributed by atoms with Crippen molar-refractivity contribution in [3.8, 4) is 0 Å². The van der Waals surface area contributed by atoms with E-state index in [1.165, 1.54) is 0 Å². The van der Waals surface area contributed by atoms with Crippen molar-refractivity contribution in [2.24, 2.45) is 11.5 Å². The number of carboxylic acid groups (broad SMARTS) is 2. The molecule has 0 spiro atoms. The maximum absolute atomic E-state index is 12.2. The highest BCUT2D eigenvalue weighted by Crippen LogP contribution is 2.23. The summed E-state index contributed by atoms with van der Waals surface area (Å²) >= 11 is 0. The summed E-state index contributed by atoms with van der Waals surface area (Å²) in [7, 11) is 0. The van der Waals surface area contributed by atoms with E-state index in [2.05, 4.69) is 0 Å². The van der Waals surface area contributed by atoms with Gasteiger partial charge in [0.05, 0.1) is 0 Å². The number of aliphatic carboxylic acids is 2. The lowest BCUT2D eigenvalue weighted by Gasteiger charge is -2.29. The van der Waals surface area contributed by atoms with Crippen LogP contribution in [0.25, 0.3) is 0 Å². The molecule has 0 aliphatic heterocycles. The monoisotopic (exact) mass is 404 g/mol. The number of carboxylic acids is 2. The van der Waals surface area contributed by atoms with E-state index in [-0.39, 0.29) is 25.7 Å². The Morgan fingerprint density at radius 2 is 0.929 bits per heavy atom. The van der Waals surface area contributed by atoms with Crippen molar-refractivity contribution in [2.75, 3.05) is 0 Å². The second kappa shape index (κ2) is 8.87. The molecule has 0 aromatic heterocycles. The molecule has 10 nitrogen and oxygen atoms in total. The number of nitrogens with two attached hydrogens (primary N) is 2. The van der Waals surface area contributed by atoms with Crippen LogP contribution in [0, 0.1) is 0 Å². The largest absolute Gasteiger partial charge is 0.479 e. The zero-order valence-electron chi connectivity index (χ0n) is 17.3. The van der Waals surface area contributed by atoms with Crippen molar-refractivity contribution in [1.82, 2.24) is 0 Å². The predicted molar refractivity (Wildman–Crippen MR) is 99.3 cm³/mol. The zero-order chi connectivity index (χ0) is 22.6. The first-order chi connectivity index (χ1) is 12.3. The molecule has 0 rings (SSSR count). The molecule has 0 aromatic carbocycles. The SMILES string of the molecule is CC(C)(C)OC(=O)C(N)(CCCCC(N)(C(=O)O)C(=O)OC(C)(C)C)C(=O)O. The molecule has 0 radical (unpaired) electrons. The van der Waals surface area contributed by atoms with Crippen molar-refractivity contribution in [1.29, 1.82) is 0 Å². The Labute approximate surface area is 164 Å². The fraction of sp³-hybridized carbons (Fsp3) is 0.778. The minimum Gasteiger partial charge on any atom is -0.479 e. The van der Waals surface area contributed by atoms with Crippen molar-refractivity contribution >= 4 is 23.9 Å². The minimum atomic E-state index is -2.29. The van der Waals surface area contributed by atoms with Crippen LogP contribution in [0.5, 0.6) is 0 Å². The highest BCUT2D eigenvalue weighted by molar-refractivity contribution is 6.04. The highest BCUT2D eigenvalue weighted by atomic mass is 16.6. The van der Waals surface area contributed by atoms with E-state index in [0.717, 1.165) is 0 Å². The quantitative estimate of drug-likeness (QED) is 0.244. The van der Waals surface area contributed by atoms with E-state index < -0.39 is 46.2 Å². The average Bonchev–Trinajstić information content (AvgIpc) is 2.46.